The van der Waals surface area contributed by atoms with Gasteiger partial charge in [0.1, 0.15) is 5.75 Å². The molecule has 29 heavy (non-hydrogen) atoms. The lowest BCUT2D eigenvalue weighted by Crippen LogP contribution is -2.41. The fourth-order valence-electron chi connectivity index (χ4n) is 4.53. The summed E-state index contributed by atoms with van der Waals surface area (Å²) < 4.78 is 5.66. The maximum atomic E-state index is 5.66. The van der Waals surface area contributed by atoms with Crippen molar-refractivity contribution in [3.63, 3.8) is 0 Å². The van der Waals surface area contributed by atoms with Gasteiger partial charge in [0.05, 0.1) is 19.7 Å². The molecule has 6 nitrogen and oxygen atoms in total. The van der Waals surface area contributed by atoms with Crippen LogP contribution in [0.15, 0.2) is 29.3 Å². The molecule has 0 bridgehead atoms. The van der Waals surface area contributed by atoms with Gasteiger partial charge in [-0.3, -0.25) is 9.89 Å². The Hall–Kier alpha value is -1.79. The zero-order chi connectivity index (χ0) is 20.5. The molecule has 1 aromatic rings. The molecule has 2 aliphatic rings. The number of hydrogen-bond donors (Lipinski definition) is 2. The third kappa shape index (κ3) is 6.09. The molecule has 3 rings (SSSR count). The van der Waals surface area contributed by atoms with E-state index in [2.05, 4.69) is 52.5 Å². The average molecular weight is 402 g/mol. The Bertz CT molecular complexity index is 644. The van der Waals surface area contributed by atoms with Gasteiger partial charge in [-0.25, -0.2) is 0 Å². The lowest BCUT2D eigenvalue weighted by molar-refractivity contribution is 0.245. The minimum atomic E-state index is 0.256. The van der Waals surface area contributed by atoms with Crippen LogP contribution in [-0.4, -0.2) is 75.2 Å². The summed E-state index contributed by atoms with van der Waals surface area (Å²) in [5.41, 5.74) is 1.24. The second-order valence-electron chi connectivity index (χ2n) is 8.15. The number of para-hydroxylation sites is 1. The van der Waals surface area contributed by atoms with E-state index in [0.29, 0.717) is 5.92 Å². The molecule has 2 atom stereocenters. The number of hydrogen-bond acceptors (Lipinski definition) is 4. The standard InChI is InChI=1S/C23H39N5O/c1-4-24-23(25-16-19-12-15-27(5-2)18-19)26-17-21(28-13-8-9-14-28)20-10-6-7-11-22(20)29-3/h6-7,10-11,19,21H,4-5,8-9,12-18H2,1-3H3,(H2,24,25,26). The summed E-state index contributed by atoms with van der Waals surface area (Å²) in [5, 5.41) is 7.03. The van der Waals surface area contributed by atoms with E-state index in [9.17, 15) is 0 Å². The van der Waals surface area contributed by atoms with Gasteiger partial charge in [-0.05, 0) is 64.3 Å². The highest BCUT2D eigenvalue weighted by Crippen LogP contribution is 2.31. The van der Waals surface area contributed by atoms with Crippen molar-refractivity contribution in [1.29, 1.82) is 0 Å². The zero-order valence-corrected chi connectivity index (χ0v) is 18.5. The van der Waals surface area contributed by atoms with E-state index in [-0.39, 0.29) is 6.04 Å². The molecule has 2 unspecified atom stereocenters. The van der Waals surface area contributed by atoms with Crippen LogP contribution < -0.4 is 15.4 Å². The van der Waals surface area contributed by atoms with Gasteiger partial charge in [-0.15, -0.1) is 0 Å². The van der Waals surface area contributed by atoms with E-state index in [1.165, 1.54) is 37.9 Å². The SMILES string of the molecule is CCNC(=NCC(c1ccccc1OC)N1CCCC1)NCC1CCN(CC)C1. The fourth-order valence-corrected chi connectivity index (χ4v) is 4.53. The van der Waals surface area contributed by atoms with Crippen molar-refractivity contribution in [3.05, 3.63) is 29.8 Å². The molecular weight excluding hydrogens is 362 g/mol. The largest absolute Gasteiger partial charge is 0.496 e. The van der Waals surface area contributed by atoms with Gasteiger partial charge >= 0.3 is 0 Å². The number of nitrogens with one attached hydrogen (secondary N) is 2. The Balaban J connectivity index is 1.68. The van der Waals surface area contributed by atoms with Crippen LogP contribution >= 0.6 is 0 Å². The fraction of sp³-hybridized carbons (Fsp3) is 0.696. The Labute approximate surface area is 176 Å². The monoisotopic (exact) mass is 401 g/mol. The molecule has 2 saturated heterocycles. The van der Waals surface area contributed by atoms with Crippen molar-refractivity contribution in [3.8, 4) is 5.75 Å². The quantitative estimate of drug-likeness (QED) is 0.492. The molecule has 0 saturated carbocycles. The van der Waals surface area contributed by atoms with Crippen LogP contribution in [0.2, 0.25) is 0 Å². The highest BCUT2D eigenvalue weighted by molar-refractivity contribution is 5.79. The normalized spacial score (nSPS) is 22.0. The Morgan fingerprint density at radius 1 is 1.17 bits per heavy atom. The minimum Gasteiger partial charge on any atom is -0.496 e. The number of methoxy groups -OCH3 is 1. The number of nitrogens with zero attached hydrogens (tertiary/aromatic N) is 3. The molecule has 6 heteroatoms. The summed E-state index contributed by atoms with van der Waals surface area (Å²) in [6.45, 7) is 12.8. The van der Waals surface area contributed by atoms with Gasteiger partial charge in [0, 0.05) is 25.2 Å². The molecule has 0 spiro atoms. The minimum absolute atomic E-state index is 0.256. The Kier molecular flexibility index (Phi) is 8.62. The maximum absolute atomic E-state index is 5.66. The highest BCUT2D eigenvalue weighted by Gasteiger charge is 2.26. The van der Waals surface area contributed by atoms with E-state index in [1.807, 2.05) is 6.07 Å². The third-order valence-corrected chi connectivity index (χ3v) is 6.22. The first-order valence-corrected chi connectivity index (χ1v) is 11.4. The zero-order valence-electron chi connectivity index (χ0n) is 18.5. The molecule has 0 aromatic heterocycles. The first kappa shape index (κ1) is 21.9. The first-order chi connectivity index (χ1) is 14.2. The summed E-state index contributed by atoms with van der Waals surface area (Å²) >= 11 is 0. The Morgan fingerprint density at radius 2 is 1.97 bits per heavy atom. The van der Waals surface area contributed by atoms with Gasteiger partial charge in [-0.2, -0.15) is 0 Å². The van der Waals surface area contributed by atoms with Crippen molar-refractivity contribution < 1.29 is 4.74 Å². The van der Waals surface area contributed by atoms with Gasteiger partial charge < -0.3 is 20.3 Å². The molecule has 162 valence electrons. The number of rotatable bonds is 9. The highest BCUT2D eigenvalue weighted by atomic mass is 16.5. The van der Waals surface area contributed by atoms with Gasteiger partial charge in [0.25, 0.3) is 0 Å². The summed E-state index contributed by atoms with van der Waals surface area (Å²) in [4.78, 5) is 10.1. The Morgan fingerprint density at radius 3 is 2.66 bits per heavy atom. The number of benzene rings is 1. The van der Waals surface area contributed by atoms with Crippen LogP contribution in [0.1, 0.15) is 44.7 Å². The number of aliphatic imine (C=N–C) groups is 1. The summed E-state index contributed by atoms with van der Waals surface area (Å²) in [6.07, 6.45) is 3.81. The van der Waals surface area contributed by atoms with Gasteiger partial charge in [0.15, 0.2) is 5.96 Å². The summed E-state index contributed by atoms with van der Waals surface area (Å²) in [6, 6.07) is 8.65. The molecule has 0 aliphatic carbocycles. The van der Waals surface area contributed by atoms with Crippen LogP contribution in [0.3, 0.4) is 0 Å². The van der Waals surface area contributed by atoms with Crippen LogP contribution in [0.4, 0.5) is 0 Å². The van der Waals surface area contributed by atoms with Crippen LogP contribution in [-0.2, 0) is 0 Å². The predicted molar refractivity (Wildman–Crippen MR) is 121 cm³/mol. The molecular formula is C23H39N5O. The van der Waals surface area contributed by atoms with Crippen molar-refractivity contribution in [2.24, 2.45) is 10.9 Å². The summed E-state index contributed by atoms with van der Waals surface area (Å²) in [7, 11) is 1.76. The molecule has 2 heterocycles. The van der Waals surface area contributed by atoms with E-state index < -0.39 is 0 Å². The van der Waals surface area contributed by atoms with Crippen LogP contribution in [0.5, 0.6) is 5.75 Å². The second kappa shape index (κ2) is 11.4. The van der Waals surface area contributed by atoms with Crippen molar-refractivity contribution >= 4 is 5.96 Å². The third-order valence-electron chi connectivity index (χ3n) is 6.22. The van der Waals surface area contributed by atoms with Crippen molar-refractivity contribution in [2.75, 3.05) is 59.5 Å². The second-order valence-corrected chi connectivity index (χ2v) is 8.15. The van der Waals surface area contributed by atoms with Crippen molar-refractivity contribution in [2.45, 2.75) is 39.2 Å². The average Bonchev–Trinajstić information content (AvgIpc) is 3.44. The van der Waals surface area contributed by atoms with E-state index in [1.54, 1.807) is 7.11 Å². The molecule has 0 radical (unpaired) electrons. The molecule has 2 N–H and O–H groups in total. The number of likely N-dealkylation sites (tertiary alicyclic amines) is 2. The van der Waals surface area contributed by atoms with E-state index in [0.717, 1.165) is 51.0 Å². The van der Waals surface area contributed by atoms with Crippen LogP contribution in [0.25, 0.3) is 0 Å². The van der Waals surface area contributed by atoms with Gasteiger partial charge in [0.2, 0.25) is 0 Å². The summed E-state index contributed by atoms with van der Waals surface area (Å²) in [5.74, 6) is 2.60. The van der Waals surface area contributed by atoms with Crippen molar-refractivity contribution in [1.82, 2.24) is 20.4 Å². The number of ether oxygens (including phenoxy) is 1. The lowest BCUT2D eigenvalue weighted by atomic mass is 10.0. The predicted octanol–water partition coefficient (Wildman–Crippen LogP) is 2.73. The maximum Gasteiger partial charge on any atom is 0.191 e. The number of guanidine groups is 1. The topological polar surface area (TPSA) is 52.1 Å². The molecule has 2 fully saturated rings. The van der Waals surface area contributed by atoms with Crippen LogP contribution in [0, 0.1) is 5.92 Å². The molecule has 1 aromatic carbocycles. The van der Waals surface area contributed by atoms with E-state index in [4.69, 9.17) is 9.73 Å². The molecule has 0 amide bonds. The smallest absolute Gasteiger partial charge is 0.191 e. The lowest BCUT2D eigenvalue weighted by Gasteiger charge is -2.28. The van der Waals surface area contributed by atoms with Gasteiger partial charge in [-0.1, -0.05) is 25.1 Å². The first-order valence-electron chi connectivity index (χ1n) is 11.4. The van der Waals surface area contributed by atoms with E-state index >= 15 is 0 Å². The molecule has 2 aliphatic heterocycles.